The molecular formula is C17H23NO4. The van der Waals surface area contributed by atoms with E-state index in [9.17, 15) is 9.59 Å². The predicted octanol–water partition coefficient (Wildman–Crippen LogP) is 2.44. The second kappa shape index (κ2) is 7.29. The lowest BCUT2D eigenvalue weighted by Crippen LogP contribution is -2.34. The summed E-state index contributed by atoms with van der Waals surface area (Å²) in [6.45, 7) is 4.29. The maximum Gasteiger partial charge on any atom is 0.306 e. The quantitative estimate of drug-likeness (QED) is 0.846. The number of hydrogen-bond donors (Lipinski definition) is 2. The van der Waals surface area contributed by atoms with Crippen molar-refractivity contribution in [2.24, 2.45) is 5.92 Å². The number of aryl methyl sites for hydroxylation is 2. The SMILES string of the molecule is Cc1ccc(C)c(OCCC(=O)N[C@H]2CC[C@@H](C(=O)O)C2)c1. The summed E-state index contributed by atoms with van der Waals surface area (Å²) in [6, 6.07) is 5.96. The van der Waals surface area contributed by atoms with E-state index >= 15 is 0 Å². The van der Waals surface area contributed by atoms with Gasteiger partial charge in [-0.2, -0.15) is 0 Å². The molecule has 0 spiro atoms. The van der Waals surface area contributed by atoms with E-state index in [1.165, 1.54) is 0 Å². The van der Waals surface area contributed by atoms with Crippen LogP contribution in [-0.4, -0.2) is 29.6 Å². The highest BCUT2D eigenvalue weighted by Crippen LogP contribution is 2.25. The van der Waals surface area contributed by atoms with E-state index in [1.54, 1.807) is 0 Å². The number of benzene rings is 1. The first kappa shape index (κ1) is 16.3. The van der Waals surface area contributed by atoms with Crippen molar-refractivity contribution in [1.82, 2.24) is 5.32 Å². The van der Waals surface area contributed by atoms with Crippen molar-refractivity contribution < 1.29 is 19.4 Å². The van der Waals surface area contributed by atoms with E-state index in [-0.39, 0.29) is 24.3 Å². The van der Waals surface area contributed by atoms with Crippen LogP contribution in [0.25, 0.3) is 0 Å². The molecular weight excluding hydrogens is 282 g/mol. The first-order chi connectivity index (χ1) is 10.5. The number of carbonyl (C=O) groups is 2. The molecule has 2 rings (SSSR count). The average molecular weight is 305 g/mol. The first-order valence-electron chi connectivity index (χ1n) is 7.68. The lowest BCUT2D eigenvalue weighted by Gasteiger charge is -2.13. The second-order valence-corrected chi connectivity index (χ2v) is 5.98. The Morgan fingerprint density at radius 2 is 2.09 bits per heavy atom. The number of ether oxygens (including phenoxy) is 1. The third-order valence-corrected chi connectivity index (χ3v) is 4.08. The van der Waals surface area contributed by atoms with Crippen LogP contribution in [0.4, 0.5) is 0 Å². The van der Waals surface area contributed by atoms with E-state index in [2.05, 4.69) is 5.32 Å². The van der Waals surface area contributed by atoms with Crippen molar-refractivity contribution in [2.75, 3.05) is 6.61 Å². The Morgan fingerprint density at radius 1 is 1.32 bits per heavy atom. The molecule has 0 unspecified atom stereocenters. The fraction of sp³-hybridized carbons (Fsp3) is 0.529. The summed E-state index contributed by atoms with van der Waals surface area (Å²) >= 11 is 0. The molecule has 0 bridgehead atoms. The lowest BCUT2D eigenvalue weighted by molar-refractivity contribution is -0.141. The normalized spacial score (nSPS) is 20.6. The van der Waals surface area contributed by atoms with Gasteiger partial charge < -0.3 is 15.2 Å². The van der Waals surface area contributed by atoms with Crippen molar-refractivity contribution >= 4 is 11.9 Å². The molecule has 0 heterocycles. The fourth-order valence-corrected chi connectivity index (χ4v) is 2.75. The van der Waals surface area contributed by atoms with Gasteiger partial charge in [-0.05, 0) is 50.3 Å². The van der Waals surface area contributed by atoms with Gasteiger partial charge in [0.2, 0.25) is 5.91 Å². The summed E-state index contributed by atoms with van der Waals surface area (Å²) < 4.78 is 5.66. The summed E-state index contributed by atoms with van der Waals surface area (Å²) in [4.78, 5) is 22.8. The van der Waals surface area contributed by atoms with Gasteiger partial charge in [-0.25, -0.2) is 0 Å². The molecule has 0 saturated heterocycles. The van der Waals surface area contributed by atoms with Crippen LogP contribution in [0.2, 0.25) is 0 Å². The summed E-state index contributed by atoms with van der Waals surface area (Å²) in [5.74, 6) is -0.368. The summed E-state index contributed by atoms with van der Waals surface area (Å²) in [5, 5.41) is 11.8. The van der Waals surface area contributed by atoms with Gasteiger partial charge in [-0.1, -0.05) is 12.1 Å². The zero-order chi connectivity index (χ0) is 16.1. The van der Waals surface area contributed by atoms with Gasteiger partial charge in [0.25, 0.3) is 0 Å². The molecule has 0 aromatic heterocycles. The van der Waals surface area contributed by atoms with E-state index in [0.717, 1.165) is 23.3 Å². The van der Waals surface area contributed by atoms with Crippen LogP contribution in [-0.2, 0) is 9.59 Å². The van der Waals surface area contributed by atoms with E-state index in [4.69, 9.17) is 9.84 Å². The molecule has 1 fully saturated rings. The fourth-order valence-electron chi connectivity index (χ4n) is 2.75. The molecule has 0 radical (unpaired) electrons. The predicted molar refractivity (Wildman–Crippen MR) is 82.9 cm³/mol. The largest absolute Gasteiger partial charge is 0.493 e. The van der Waals surface area contributed by atoms with Gasteiger partial charge in [-0.15, -0.1) is 0 Å². The van der Waals surface area contributed by atoms with Gasteiger partial charge in [0.05, 0.1) is 18.9 Å². The number of rotatable bonds is 6. The van der Waals surface area contributed by atoms with E-state index in [0.29, 0.717) is 19.4 Å². The Bertz CT molecular complexity index is 556. The summed E-state index contributed by atoms with van der Waals surface area (Å²) in [7, 11) is 0. The molecule has 1 saturated carbocycles. The molecule has 2 N–H and O–H groups in total. The van der Waals surface area contributed by atoms with Gasteiger partial charge in [0.1, 0.15) is 5.75 Å². The Morgan fingerprint density at radius 3 is 2.77 bits per heavy atom. The van der Waals surface area contributed by atoms with E-state index < -0.39 is 5.97 Å². The minimum absolute atomic E-state index is 0.0192. The number of aliphatic carboxylic acids is 1. The Hall–Kier alpha value is -2.04. The highest BCUT2D eigenvalue weighted by Gasteiger charge is 2.30. The van der Waals surface area contributed by atoms with Crippen molar-refractivity contribution in [1.29, 1.82) is 0 Å². The molecule has 5 nitrogen and oxygen atoms in total. The topological polar surface area (TPSA) is 75.6 Å². The first-order valence-corrected chi connectivity index (χ1v) is 7.68. The Labute approximate surface area is 130 Å². The van der Waals surface area contributed by atoms with Crippen molar-refractivity contribution in [3.63, 3.8) is 0 Å². The van der Waals surface area contributed by atoms with Crippen LogP contribution >= 0.6 is 0 Å². The molecule has 1 aromatic carbocycles. The van der Waals surface area contributed by atoms with Gasteiger partial charge >= 0.3 is 5.97 Å². The van der Waals surface area contributed by atoms with Crippen LogP contribution < -0.4 is 10.1 Å². The smallest absolute Gasteiger partial charge is 0.306 e. The van der Waals surface area contributed by atoms with Crippen molar-refractivity contribution in [3.8, 4) is 5.75 Å². The molecule has 1 amide bonds. The number of carboxylic acid groups (broad SMARTS) is 1. The average Bonchev–Trinajstić information content (AvgIpc) is 2.91. The van der Waals surface area contributed by atoms with Crippen LogP contribution in [0.5, 0.6) is 5.75 Å². The number of hydrogen-bond acceptors (Lipinski definition) is 3. The molecule has 2 atom stereocenters. The van der Waals surface area contributed by atoms with Crippen LogP contribution in [0.1, 0.15) is 36.8 Å². The number of carboxylic acids is 1. The van der Waals surface area contributed by atoms with Gasteiger partial charge in [0, 0.05) is 6.04 Å². The van der Waals surface area contributed by atoms with E-state index in [1.807, 2.05) is 32.0 Å². The number of nitrogens with one attached hydrogen (secondary N) is 1. The maximum absolute atomic E-state index is 11.9. The third-order valence-electron chi connectivity index (χ3n) is 4.08. The number of amides is 1. The Kier molecular flexibility index (Phi) is 5.41. The monoisotopic (exact) mass is 305 g/mol. The number of carbonyl (C=O) groups excluding carboxylic acids is 1. The highest BCUT2D eigenvalue weighted by atomic mass is 16.5. The van der Waals surface area contributed by atoms with Gasteiger partial charge in [-0.3, -0.25) is 9.59 Å². The van der Waals surface area contributed by atoms with Gasteiger partial charge in [0.15, 0.2) is 0 Å². The molecule has 0 aliphatic heterocycles. The third kappa shape index (κ3) is 4.48. The molecule has 1 aliphatic carbocycles. The molecule has 22 heavy (non-hydrogen) atoms. The van der Waals surface area contributed by atoms with Crippen molar-refractivity contribution in [2.45, 2.75) is 45.6 Å². The molecule has 1 aromatic rings. The molecule has 1 aliphatic rings. The maximum atomic E-state index is 11.9. The second-order valence-electron chi connectivity index (χ2n) is 5.98. The Balaban J connectivity index is 1.72. The highest BCUT2D eigenvalue weighted by molar-refractivity contribution is 5.77. The summed E-state index contributed by atoms with van der Waals surface area (Å²) in [6.07, 6.45) is 2.18. The minimum Gasteiger partial charge on any atom is -0.493 e. The zero-order valence-electron chi connectivity index (χ0n) is 13.1. The van der Waals surface area contributed by atoms with Crippen LogP contribution in [0.15, 0.2) is 18.2 Å². The molecule has 120 valence electrons. The lowest BCUT2D eigenvalue weighted by atomic mass is 10.1. The molecule has 5 heteroatoms. The van der Waals surface area contributed by atoms with Crippen LogP contribution in [0, 0.1) is 19.8 Å². The summed E-state index contributed by atoms with van der Waals surface area (Å²) in [5.41, 5.74) is 2.17. The minimum atomic E-state index is -0.769. The van der Waals surface area contributed by atoms with Crippen LogP contribution in [0.3, 0.4) is 0 Å². The standard InChI is InChI=1S/C17H23NO4/c1-11-3-4-12(2)15(9-11)22-8-7-16(19)18-14-6-5-13(10-14)17(20)21/h3-4,9,13-14H,5-8,10H2,1-2H3,(H,18,19)(H,20,21)/t13-,14+/m1/s1. The van der Waals surface area contributed by atoms with Crippen molar-refractivity contribution in [3.05, 3.63) is 29.3 Å². The zero-order valence-corrected chi connectivity index (χ0v) is 13.1.